The molecule has 0 spiro atoms. The van der Waals surface area contributed by atoms with Gasteiger partial charge in [-0.25, -0.2) is 0 Å². The molecule has 9 heteroatoms. The molecule has 2 rings (SSSR count). The second kappa shape index (κ2) is 4.62. The van der Waals surface area contributed by atoms with Crippen molar-refractivity contribution in [2.75, 3.05) is 5.73 Å². The Kier molecular flexibility index (Phi) is 3.31. The van der Waals surface area contributed by atoms with Crippen molar-refractivity contribution >= 4 is 28.6 Å². The molecule has 0 saturated heterocycles. The van der Waals surface area contributed by atoms with Crippen molar-refractivity contribution in [3.05, 3.63) is 28.2 Å². The molecule has 0 unspecified atom stereocenters. The highest BCUT2D eigenvalue weighted by atomic mass is 35.5. The van der Waals surface area contributed by atoms with Crippen LogP contribution in [0, 0.1) is 0 Å². The molecule has 0 aliphatic carbocycles. The van der Waals surface area contributed by atoms with Crippen LogP contribution in [-0.2, 0) is 6.18 Å². The van der Waals surface area contributed by atoms with Crippen molar-refractivity contribution in [1.82, 2.24) is 10.2 Å². The smallest absolute Gasteiger partial charge is 0.428 e. The van der Waals surface area contributed by atoms with Crippen LogP contribution in [0.15, 0.2) is 18.2 Å². The van der Waals surface area contributed by atoms with Crippen LogP contribution >= 0.6 is 22.9 Å². The van der Waals surface area contributed by atoms with Crippen LogP contribution in [0.25, 0.3) is 0 Å². The largest absolute Gasteiger partial charge is 0.445 e. The van der Waals surface area contributed by atoms with E-state index >= 15 is 0 Å². The number of nitrogens with zero attached hydrogens (tertiary/aromatic N) is 2. The minimum Gasteiger partial charge on any atom is -0.428 e. The van der Waals surface area contributed by atoms with Crippen molar-refractivity contribution in [3.63, 3.8) is 0 Å². The van der Waals surface area contributed by atoms with Gasteiger partial charge in [-0.2, -0.15) is 13.2 Å². The maximum Gasteiger partial charge on any atom is 0.445 e. The normalized spacial score (nSPS) is 11.6. The lowest BCUT2D eigenvalue weighted by Gasteiger charge is -2.04. The molecule has 0 fully saturated rings. The molecule has 1 heterocycles. The number of benzene rings is 1. The number of rotatable bonds is 2. The summed E-state index contributed by atoms with van der Waals surface area (Å²) in [6, 6.07) is 4.36. The van der Waals surface area contributed by atoms with E-state index in [1.165, 1.54) is 18.2 Å². The fraction of sp³-hybridized carbons (Fsp3) is 0.111. The van der Waals surface area contributed by atoms with Crippen LogP contribution < -0.4 is 10.5 Å². The number of halogens is 4. The SMILES string of the molecule is Nc1ccc(Oc2nnc(C(F)(F)F)s2)c(Cl)c1. The van der Waals surface area contributed by atoms with E-state index in [-0.39, 0.29) is 27.3 Å². The summed E-state index contributed by atoms with van der Waals surface area (Å²) in [5, 5.41) is 5.12. The molecular weight excluding hydrogens is 291 g/mol. The van der Waals surface area contributed by atoms with E-state index in [1.807, 2.05) is 0 Å². The van der Waals surface area contributed by atoms with Gasteiger partial charge in [0.2, 0.25) is 5.01 Å². The van der Waals surface area contributed by atoms with Crippen LogP contribution in [0.3, 0.4) is 0 Å². The van der Waals surface area contributed by atoms with Crippen LogP contribution in [0.1, 0.15) is 5.01 Å². The van der Waals surface area contributed by atoms with E-state index in [0.717, 1.165) is 0 Å². The highest BCUT2D eigenvalue weighted by Crippen LogP contribution is 2.37. The summed E-state index contributed by atoms with van der Waals surface area (Å²) in [5.41, 5.74) is 5.89. The molecule has 1 aromatic carbocycles. The standard InChI is InChI=1S/C9H5ClF3N3OS/c10-5-3-4(14)1-2-6(5)17-8-16-15-7(18-8)9(11,12)13/h1-3H,14H2. The molecule has 2 aromatic rings. The monoisotopic (exact) mass is 295 g/mol. The maximum atomic E-state index is 12.3. The predicted molar refractivity (Wildman–Crippen MR) is 60.8 cm³/mol. The summed E-state index contributed by atoms with van der Waals surface area (Å²) in [4.78, 5) is 0. The van der Waals surface area contributed by atoms with E-state index < -0.39 is 11.2 Å². The Bertz CT molecular complexity index is 572. The number of hydrogen-bond donors (Lipinski definition) is 1. The number of aromatic nitrogens is 2. The van der Waals surface area contributed by atoms with Crippen molar-refractivity contribution < 1.29 is 17.9 Å². The zero-order chi connectivity index (χ0) is 13.3. The van der Waals surface area contributed by atoms with Gasteiger partial charge >= 0.3 is 6.18 Å². The molecular formula is C9H5ClF3N3OS. The molecule has 18 heavy (non-hydrogen) atoms. The molecule has 0 amide bonds. The number of nitrogens with two attached hydrogens (primary N) is 1. The zero-order valence-electron chi connectivity index (χ0n) is 8.53. The first-order valence-electron chi connectivity index (χ1n) is 4.50. The third-order valence-electron chi connectivity index (χ3n) is 1.80. The van der Waals surface area contributed by atoms with Gasteiger partial charge in [0, 0.05) is 5.69 Å². The minimum absolute atomic E-state index is 0.163. The lowest BCUT2D eigenvalue weighted by Crippen LogP contribution is -2.03. The van der Waals surface area contributed by atoms with E-state index in [1.54, 1.807) is 0 Å². The summed E-state index contributed by atoms with van der Waals surface area (Å²) in [6.07, 6.45) is -4.54. The molecule has 0 saturated carbocycles. The molecule has 0 atom stereocenters. The third-order valence-corrected chi connectivity index (χ3v) is 2.94. The van der Waals surface area contributed by atoms with Gasteiger partial charge in [-0.3, -0.25) is 0 Å². The Morgan fingerprint density at radius 1 is 1.28 bits per heavy atom. The fourth-order valence-corrected chi connectivity index (χ4v) is 1.86. The Morgan fingerprint density at radius 3 is 2.56 bits per heavy atom. The molecule has 0 radical (unpaired) electrons. The summed E-state index contributed by atoms with van der Waals surface area (Å²) in [6.45, 7) is 0. The van der Waals surface area contributed by atoms with Gasteiger partial charge in [0.1, 0.15) is 5.75 Å². The van der Waals surface area contributed by atoms with E-state index in [9.17, 15) is 13.2 Å². The van der Waals surface area contributed by atoms with Crippen LogP contribution in [0.4, 0.5) is 18.9 Å². The van der Waals surface area contributed by atoms with Crippen molar-refractivity contribution in [2.45, 2.75) is 6.18 Å². The summed E-state index contributed by atoms with van der Waals surface area (Å²) >= 11 is 6.09. The quantitative estimate of drug-likeness (QED) is 0.860. The molecule has 4 nitrogen and oxygen atoms in total. The van der Waals surface area contributed by atoms with E-state index in [4.69, 9.17) is 22.1 Å². The first-order chi connectivity index (χ1) is 8.36. The Labute approximate surface area is 108 Å². The summed E-state index contributed by atoms with van der Waals surface area (Å²) in [7, 11) is 0. The van der Waals surface area contributed by atoms with Gasteiger partial charge in [-0.15, -0.1) is 5.10 Å². The van der Waals surface area contributed by atoms with Gasteiger partial charge in [0.25, 0.3) is 5.19 Å². The topological polar surface area (TPSA) is 61.0 Å². The Morgan fingerprint density at radius 2 is 2.00 bits per heavy atom. The summed E-state index contributed by atoms with van der Waals surface area (Å²) < 4.78 is 41.9. The summed E-state index contributed by atoms with van der Waals surface area (Å²) in [5.74, 6) is 0.163. The molecule has 0 bridgehead atoms. The lowest BCUT2D eigenvalue weighted by atomic mass is 10.3. The molecule has 1 aromatic heterocycles. The lowest BCUT2D eigenvalue weighted by molar-refractivity contribution is -0.138. The van der Waals surface area contributed by atoms with Gasteiger partial charge in [0.05, 0.1) is 5.02 Å². The van der Waals surface area contributed by atoms with E-state index in [0.29, 0.717) is 5.69 Å². The minimum atomic E-state index is -4.54. The van der Waals surface area contributed by atoms with Crippen molar-refractivity contribution in [2.24, 2.45) is 0 Å². The average Bonchev–Trinajstić information content (AvgIpc) is 2.70. The number of nitrogen functional groups attached to an aromatic ring is 1. The molecule has 96 valence electrons. The first-order valence-corrected chi connectivity index (χ1v) is 5.69. The van der Waals surface area contributed by atoms with E-state index in [2.05, 4.69) is 10.2 Å². The Hall–Kier alpha value is -1.54. The molecule has 0 aliphatic rings. The van der Waals surface area contributed by atoms with Gasteiger partial charge in [-0.1, -0.05) is 28.0 Å². The predicted octanol–water partition coefficient (Wildman–Crippen LogP) is 3.58. The van der Waals surface area contributed by atoms with Crippen molar-refractivity contribution in [1.29, 1.82) is 0 Å². The highest BCUT2D eigenvalue weighted by Gasteiger charge is 2.36. The van der Waals surface area contributed by atoms with Gasteiger partial charge in [-0.05, 0) is 18.2 Å². The number of anilines is 1. The van der Waals surface area contributed by atoms with Crippen LogP contribution in [-0.4, -0.2) is 10.2 Å². The number of ether oxygens (including phenoxy) is 1. The van der Waals surface area contributed by atoms with Crippen molar-refractivity contribution in [3.8, 4) is 10.9 Å². The highest BCUT2D eigenvalue weighted by molar-refractivity contribution is 7.13. The average molecular weight is 296 g/mol. The number of hydrogen-bond acceptors (Lipinski definition) is 5. The number of alkyl halides is 3. The van der Waals surface area contributed by atoms with Gasteiger partial charge < -0.3 is 10.5 Å². The second-order valence-corrected chi connectivity index (χ2v) is 4.51. The van der Waals surface area contributed by atoms with Crippen LogP contribution in [0.2, 0.25) is 5.02 Å². The third kappa shape index (κ3) is 2.82. The zero-order valence-corrected chi connectivity index (χ0v) is 10.1. The Balaban J connectivity index is 2.21. The second-order valence-electron chi connectivity index (χ2n) is 3.16. The van der Waals surface area contributed by atoms with Crippen LogP contribution in [0.5, 0.6) is 10.9 Å². The van der Waals surface area contributed by atoms with Gasteiger partial charge in [0.15, 0.2) is 0 Å². The fourth-order valence-electron chi connectivity index (χ4n) is 1.06. The molecule has 2 N–H and O–H groups in total. The first kappa shape index (κ1) is 12.9. The maximum absolute atomic E-state index is 12.3. The molecule has 0 aliphatic heterocycles.